The molecule has 2 rings (SSSR count). The standard InChI is InChI=1S/C21H26O3/c1-5-15-10-12-16(13-11-15)14-19(20(22)23)24-18-9-7-6-8-17(18)21(2,3)4/h6-13,19H,5,14H2,1-4H3,(H,22,23)/t19-/m1/s1. The lowest BCUT2D eigenvalue weighted by molar-refractivity contribution is -0.145. The fourth-order valence-corrected chi connectivity index (χ4v) is 2.65. The van der Waals surface area contributed by atoms with Crippen LogP contribution in [0.25, 0.3) is 0 Å². The van der Waals surface area contributed by atoms with Gasteiger partial charge in [0, 0.05) is 6.42 Å². The SMILES string of the molecule is CCc1ccc(C[C@@H](Oc2ccccc2C(C)(C)C)C(=O)O)cc1. The Morgan fingerprint density at radius 2 is 1.62 bits per heavy atom. The summed E-state index contributed by atoms with van der Waals surface area (Å²) in [6.07, 6.45) is 0.414. The molecule has 3 heteroatoms. The number of ether oxygens (including phenoxy) is 1. The molecule has 0 radical (unpaired) electrons. The van der Waals surface area contributed by atoms with Crippen LogP contribution in [0.4, 0.5) is 0 Å². The summed E-state index contributed by atoms with van der Waals surface area (Å²) in [6, 6.07) is 15.7. The molecular weight excluding hydrogens is 300 g/mol. The first-order valence-electron chi connectivity index (χ1n) is 8.38. The molecule has 2 aromatic rings. The van der Waals surface area contributed by atoms with Gasteiger partial charge in [0.2, 0.25) is 0 Å². The van der Waals surface area contributed by atoms with Crippen LogP contribution in [0.5, 0.6) is 5.75 Å². The number of hydrogen-bond donors (Lipinski definition) is 1. The second kappa shape index (κ2) is 7.52. The maximum absolute atomic E-state index is 11.7. The first kappa shape index (κ1) is 18.1. The normalized spacial score (nSPS) is 12.7. The number of hydrogen-bond acceptors (Lipinski definition) is 2. The molecule has 128 valence electrons. The molecule has 0 aliphatic carbocycles. The Balaban J connectivity index is 2.22. The van der Waals surface area contributed by atoms with Crippen molar-refractivity contribution in [3.05, 3.63) is 65.2 Å². The van der Waals surface area contributed by atoms with E-state index in [2.05, 4.69) is 27.7 Å². The van der Waals surface area contributed by atoms with Gasteiger partial charge in [0.1, 0.15) is 5.75 Å². The number of benzene rings is 2. The minimum absolute atomic E-state index is 0.109. The lowest BCUT2D eigenvalue weighted by Crippen LogP contribution is -2.30. The number of para-hydroxylation sites is 1. The summed E-state index contributed by atoms with van der Waals surface area (Å²) in [5.74, 6) is -0.305. The van der Waals surface area contributed by atoms with Crippen molar-refractivity contribution in [2.45, 2.75) is 52.1 Å². The van der Waals surface area contributed by atoms with E-state index in [4.69, 9.17) is 4.74 Å². The molecule has 0 amide bonds. The van der Waals surface area contributed by atoms with Gasteiger partial charge in [-0.25, -0.2) is 4.79 Å². The van der Waals surface area contributed by atoms with E-state index in [9.17, 15) is 9.90 Å². The second-order valence-electron chi connectivity index (χ2n) is 7.07. The average Bonchev–Trinajstić information content (AvgIpc) is 2.54. The summed E-state index contributed by atoms with van der Waals surface area (Å²) in [6.45, 7) is 8.37. The summed E-state index contributed by atoms with van der Waals surface area (Å²) in [5.41, 5.74) is 3.11. The van der Waals surface area contributed by atoms with Crippen molar-refractivity contribution in [3.63, 3.8) is 0 Å². The third-order valence-corrected chi connectivity index (χ3v) is 4.09. The number of rotatable bonds is 6. The molecule has 1 atom stereocenters. The summed E-state index contributed by atoms with van der Waals surface area (Å²) in [4.78, 5) is 11.7. The maximum atomic E-state index is 11.7. The van der Waals surface area contributed by atoms with Crippen LogP contribution < -0.4 is 4.74 Å². The largest absolute Gasteiger partial charge is 0.478 e. The van der Waals surface area contributed by atoms with E-state index in [1.165, 1.54) is 5.56 Å². The van der Waals surface area contributed by atoms with Crippen LogP contribution in [0.3, 0.4) is 0 Å². The van der Waals surface area contributed by atoms with Crippen molar-refractivity contribution < 1.29 is 14.6 Å². The molecule has 0 unspecified atom stereocenters. The molecule has 0 saturated heterocycles. The van der Waals surface area contributed by atoms with Crippen molar-refractivity contribution in [2.75, 3.05) is 0 Å². The van der Waals surface area contributed by atoms with E-state index in [0.29, 0.717) is 12.2 Å². The third kappa shape index (κ3) is 4.60. The molecule has 0 spiro atoms. The quantitative estimate of drug-likeness (QED) is 0.842. The monoisotopic (exact) mass is 326 g/mol. The highest BCUT2D eigenvalue weighted by Gasteiger charge is 2.24. The predicted octanol–water partition coefficient (Wildman–Crippen LogP) is 4.62. The van der Waals surface area contributed by atoms with Crippen LogP contribution in [-0.2, 0) is 23.1 Å². The Morgan fingerprint density at radius 1 is 1.04 bits per heavy atom. The van der Waals surface area contributed by atoms with Crippen molar-refractivity contribution in [1.82, 2.24) is 0 Å². The summed E-state index contributed by atoms with van der Waals surface area (Å²) in [5, 5.41) is 9.57. The highest BCUT2D eigenvalue weighted by Crippen LogP contribution is 2.31. The number of aryl methyl sites for hydroxylation is 1. The van der Waals surface area contributed by atoms with Gasteiger partial charge in [-0.15, -0.1) is 0 Å². The Bertz CT molecular complexity index is 681. The van der Waals surface area contributed by atoms with E-state index in [-0.39, 0.29) is 5.41 Å². The fourth-order valence-electron chi connectivity index (χ4n) is 2.65. The zero-order chi connectivity index (χ0) is 17.7. The van der Waals surface area contributed by atoms with Gasteiger partial charge in [0.15, 0.2) is 6.10 Å². The van der Waals surface area contributed by atoms with Crippen LogP contribution in [0.1, 0.15) is 44.4 Å². The van der Waals surface area contributed by atoms with Crippen LogP contribution >= 0.6 is 0 Å². The molecule has 0 aliphatic heterocycles. The summed E-state index contributed by atoms with van der Waals surface area (Å²) in [7, 11) is 0. The van der Waals surface area contributed by atoms with Crippen molar-refractivity contribution in [2.24, 2.45) is 0 Å². The third-order valence-electron chi connectivity index (χ3n) is 4.09. The van der Waals surface area contributed by atoms with Gasteiger partial charge in [-0.2, -0.15) is 0 Å². The predicted molar refractivity (Wildman–Crippen MR) is 96.7 cm³/mol. The molecule has 24 heavy (non-hydrogen) atoms. The minimum Gasteiger partial charge on any atom is -0.478 e. The molecule has 0 fully saturated rings. The zero-order valence-corrected chi connectivity index (χ0v) is 14.9. The first-order valence-corrected chi connectivity index (χ1v) is 8.38. The minimum atomic E-state index is -0.946. The van der Waals surface area contributed by atoms with Crippen LogP contribution in [-0.4, -0.2) is 17.2 Å². The van der Waals surface area contributed by atoms with Crippen LogP contribution in [0.15, 0.2) is 48.5 Å². The lowest BCUT2D eigenvalue weighted by Gasteiger charge is -2.24. The van der Waals surface area contributed by atoms with Gasteiger partial charge < -0.3 is 9.84 Å². The summed E-state index contributed by atoms with van der Waals surface area (Å²) < 4.78 is 5.89. The van der Waals surface area contributed by atoms with Gasteiger partial charge in [-0.1, -0.05) is 70.2 Å². The van der Waals surface area contributed by atoms with E-state index >= 15 is 0 Å². The molecular formula is C21H26O3. The smallest absolute Gasteiger partial charge is 0.345 e. The highest BCUT2D eigenvalue weighted by atomic mass is 16.5. The molecule has 2 aromatic carbocycles. The van der Waals surface area contributed by atoms with Gasteiger partial charge in [0.05, 0.1) is 0 Å². The van der Waals surface area contributed by atoms with Crippen molar-refractivity contribution >= 4 is 5.97 Å². The second-order valence-corrected chi connectivity index (χ2v) is 7.07. The van der Waals surface area contributed by atoms with Gasteiger partial charge in [0.25, 0.3) is 0 Å². The number of carboxylic acids is 1. The van der Waals surface area contributed by atoms with E-state index in [1.807, 2.05) is 48.5 Å². The Labute approximate surface area is 144 Å². The fraction of sp³-hybridized carbons (Fsp3) is 0.381. The Morgan fingerprint density at radius 3 is 2.17 bits per heavy atom. The van der Waals surface area contributed by atoms with Gasteiger partial charge >= 0.3 is 5.97 Å². The van der Waals surface area contributed by atoms with Crippen LogP contribution in [0.2, 0.25) is 0 Å². The lowest BCUT2D eigenvalue weighted by atomic mass is 9.86. The molecule has 0 aromatic heterocycles. The number of carboxylic acid groups (broad SMARTS) is 1. The molecule has 0 saturated carbocycles. The average molecular weight is 326 g/mol. The molecule has 3 nitrogen and oxygen atoms in total. The maximum Gasteiger partial charge on any atom is 0.345 e. The van der Waals surface area contributed by atoms with E-state index in [1.54, 1.807) is 0 Å². The van der Waals surface area contributed by atoms with E-state index in [0.717, 1.165) is 17.5 Å². The van der Waals surface area contributed by atoms with Gasteiger partial charge in [-0.05, 0) is 34.6 Å². The van der Waals surface area contributed by atoms with Crippen molar-refractivity contribution in [1.29, 1.82) is 0 Å². The number of aliphatic carboxylic acids is 1. The number of carbonyl (C=O) groups is 1. The Hall–Kier alpha value is -2.29. The summed E-state index contributed by atoms with van der Waals surface area (Å²) >= 11 is 0. The molecule has 0 bridgehead atoms. The first-order chi connectivity index (χ1) is 11.3. The van der Waals surface area contributed by atoms with Gasteiger partial charge in [-0.3, -0.25) is 0 Å². The molecule has 0 aliphatic rings. The van der Waals surface area contributed by atoms with Crippen molar-refractivity contribution in [3.8, 4) is 5.75 Å². The zero-order valence-electron chi connectivity index (χ0n) is 14.9. The Kier molecular flexibility index (Phi) is 5.66. The molecule has 0 heterocycles. The van der Waals surface area contributed by atoms with E-state index < -0.39 is 12.1 Å². The van der Waals surface area contributed by atoms with Crippen LogP contribution in [0, 0.1) is 0 Å². The topological polar surface area (TPSA) is 46.5 Å². The highest BCUT2D eigenvalue weighted by molar-refractivity contribution is 5.73. The molecule has 1 N–H and O–H groups in total.